The third-order valence-electron chi connectivity index (χ3n) is 6.09. The molecule has 180 valence electrons. The summed E-state index contributed by atoms with van der Waals surface area (Å²) in [5, 5.41) is 15.8. The molecule has 2 heterocycles. The topological polar surface area (TPSA) is 119 Å². The normalized spacial score (nSPS) is 20.6. The van der Waals surface area contributed by atoms with E-state index in [2.05, 4.69) is 10.6 Å². The molecule has 2 aliphatic rings. The average Bonchev–Trinajstić information content (AvgIpc) is 3.11. The van der Waals surface area contributed by atoms with Gasteiger partial charge in [-0.25, -0.2) is 8.42 Å². The number of nitrogens with one attached hydrogen (secondary N) is 2. The molecule has 0 spiro atoms. The second kappa shape index (κ2) is 9.57. The molecular weight excluding hydrogens is 456 g/mol. The summed E-state index contributed by atoms with van der Waals surface area (Å²) in [5.74, 6) is -0.498. The van der Waals surface area contributed by atoms with Crippen LogP contribution in [0.1, 0.15) is 29.2 Å². The van der Waals surface area contributed by atoms with E-state index in [0.717, 1.165) is 11.1 Å². The third-order valence-corrected chi connectivity index (χ3v) is 7.92. The van der Waals surface area contributed by atoms with Gasteiger partial charge in [-0.2, -0.15) is 0 Å². The van der Waals surface area contributed by atoms with Gasteiger partial charge < -0.3 is 20.6 Å². The Kier molecular flexibility index (Phi) is 6.74. The molecule has 0 aliphatic carbocycles. The molecule has 3 N–H and O–H groups in total. The molecule has 10 heteroatoms. The maximum atomic E-state index is 13.3. The fraction of sp³-hybridized carbons (Fsp3) is 0.333. The summed E-state index contributed by atoms with van der Waals surface area (Å²) in [6, 6.07) is 12.3. The summed E-state index contributed by atoms with van der Waals surface area (Å²) in [4.78, 5) is 25.5. The number of anilines is 1. The summed E-state index contributed by atoms with van der Waals surface area (Å²) >= 11 is 0. The predicted molar refractivity (Wildman–Crippen MR) is 128 cm³/mol. The number of nitrogens with zero attached hydrogens (tertiary/aromatic N) is 2. The molecule has 4 rings (SSSR count). The van der Waals surface area contributed by atoms with Crippen LogP contribution in [0.2, 0.25) is 0 Å². The van der Waals surface area contributed by atoms with E-state index >= 15 is 0 Å². The van der Waals surface area contributed by atoms with E-state index in [1.54, 1.807) is 25.2 Å². The van der Waals surface area contributed by atoms with Gasteiger partial charge in [0.1, 0.15) is 6.23 Å². The van der Waals surface area contributed by atoms with Crippen LogP contribution in [-0.4, -0.2) is 63.1 Å². The standard InChI is InChI=1S/C24H28N4O5S/c1-16-7-8-18-20(15-16)34(32,33)27(2)19-6-4-3-5-17(19)24(18)26-12-11-21(29)25-13-14-28-22(30)9-10-23(28)31/h3-10,15,22,24,26,30H,11-14H2,1-2H3,(H,25,29). The molecule has 2 unspecified atom stereocenters. The van der Waals surface area contributed by atoms with Gasteiger partial charge in [0.2, 0.25) is 11.8 Å². The number of carbonyl (C=O) groups is 2. The lowest BCUT2D eigenvalue weighted by Gasteiger charge is -2.22. The summed E-state index contributed by atoms with van der Waals surface area (Å²) in [7, 11) is -2.19. The lowest BCUT2D eigenvalue weighted by molar-refractivity contribution is -0.131. The van der Waals surface area contributed by atoms with Crippen molar-refractivity contribution in [3.05, 3.63) is 71.3 Å². The quantitative estimate of drug-likeness (QED) is 0.540. The molecule has 2 aromatic rings. The van der Waals surface area contributed by atoms with E-state index in [9.17, 15) is 23.1 Å². The van der Waals surface area contributed by atoms with Crippen LogP contribution in [0, 0.1) is 6.92 Å². The highest BCUT2D eigenvalue weighted by molar-refractivity contribution is 7.92. The molecule has 0 radical (unpaired) electrons. The van der Waals surface area contributed by atoms with Gasteiger partial charge in [-0.1, -0.05) is 30.3 Å². The lowest BCUT2D eigenvalue weighted by atomic mass is 9.96. The monoisotopic (exact) mass is 484 g/mol. The van der Waals surface area contributed by atoms with Crippen molar-refractivity contribution < 1.29 is 23.1 Å². The van der Waals surface area contributed by atoms with E-state index in [1.165, 1.54) is 21.4 Å². The smallest absolute Gasteiger partial charge is 0.264 e. The van der Waals surface area contributed by atoms with Crippen LogP contribution in [0.4, 0.5) is 5.69 Å². The number of rotatable bonds is 7. The molecule has 0 aromatic heterocycles. The van der Waals surface area contributed by atoms with E-state index < -0.39 is 22.3 Å². The molecule has 0 saturated carbocycles. The van der Waals surface area contributed by atoms with Crippen LogP contribution >= 0.6 is 0 Å². The first-order chi connectivity index (χ1) is 16.2. The van der Waals surface area contributed by atoms with Crippen LogP contribution in [-0.2, 0) is 19.6 Å². The molecule has 2 aromatic carbocycles. The minimum atomic E-state index is -3.74. The van der Waals surface area contributed by atoms with Gasteiger partial charge in [-0.05, 0) is 41.8 Å². The number of amides is 2. The Morgan fingerprint density at radius 2 is 1.88 bits per heavy atom. The van der Waals surface area contributed by atoms with Gasteiger partial charge in [-0.3, -0.25) is 13.9 Å². The summed E-state index contributed by atoms with van der Waals surface area (Å²) in [5.41, 5.74) is 2.87. The molecule has 34 heavy (non-hydrogen) atoms. The van der Waals surface area contributed by atoms with E-state index in [0.29, 0.717) is 17.8 Å². The number of fused-ring (bicyclic) bond motifs is 2. The molecule has 0 bridgehead atoms. The Balaban J connectivity index is 1.46. The average molecular weight is 485 g/mol. The SMILES string of the molecule is Cc1ccc2c(c1)S(=O)(=O)N(C)c1ccccc1C2NCCC(=O)NCCN1C(=O)C=CC1O. The van der Waals surface area contributed by atoms with Crippen molar-refractivity contribution in [3.8, 4) is 0 Å². The minimum absolute atomic E-state index is 0.164. The Morgan fingerprint density at radius 3 is 2.62 bits per heavy atom. The van der Waals surface area contributed by atoms with Crippen molar-refractivity contribution in [2.75, 3.05) is 31.0 Å². The van der Waals surface area contributed by atoms with Crippen molar-refractivity contribution in [2.45, 2.75) is 30.5 Å². The van der Waals surface area contributed by atoms with Crippen molar-refractivity contribution in [3.63, 3.8) is 0 Å². The van der Waals surface area contributed by atoms with Crippen molar-refractivity contribution in [2.24, 2.45) is 0 Å². The van der Waals surface area contributed by atoms with Gasteiger partial charge >= 0.3 is 0 Å². The van der Waals surface area contributed by atoms with Crippen molar-refractivity contribution in [1.82, 2.24) is 15.5 Å². The number of hydrogen-bond donors (Lipinski definition) is 3. The number of sulfonamides is 1. The Morgan fingerprint density at radius 1 is 1.12 bits per heavy atom. The Labute approximate surface area is 199 Å². The van der Waals surface area contributed by atoms with Crippen LogP contribution in [0.15, 0.2) is 59.5 Å². The highest BCUT2D eigenvalue weighted by Gasteiger charge is 2.34. The first kappa shape index (κ1) is 23.9. The number of hydrogen-bond acceptors (Lipinski definition) is 6. The molecule has 2 amide bonds. The number of benzene rings is 2. The predicted octanol–water partition coefficient (Wildman–Crippen LogP) is 1.04. The van der Waals surface area contributed by atoms with Crippen molar-refractivity contribution >= 4 is 27.5 Å². The molecule has 2 atom stereocenters. The summed E-state index contributed by atoms with van der Waals surface area (Å²) in [6.07, 6.45) is 1.91. The number of aliphatic hydroxyl groups is 1. The van der Waals surface area contributed by atoms with Gasteiger partial charge in [0.05, 0.1) is 16.6 Å². The van der Waals surface area contributed by atoms with Crippen molar-refractivity contribution in [1.29, 1.82) is 0 Å². The summed E-state index contributed by atoms with van der Waals surface area (Å²) < 4.78 is 28.0. The number of carbonyl (C=O) groups excluding carboxylic acids is 2. The fourth-order valence-electron chi connectivity index (χ4n) is 4.26. The fourth-order valence-corrected chi connectivity index (χ4v) is 5.80. The van der Waals surface area contributed by atoms with E-state index in [1.807, 2.05) is 31.2 Å². The highest BCUT2D eigenvalue weighted by atomic mass is 32.2. The lowest BCUT2D eigenvalue weighted by Crippen LogP contribution is -2.40. The second-order valence-electron chi connectivity index (χ2n) is 8.36. The zero-order chi connectivity index (χ0) is 24.5. The first-order valence-corrected chi connectivity index (χ1v) is 12.5. The maximum Gasteiger partial charge on any atom is 0.264 e. The number of aliphatic hydroxyl groups excluding tert-OH is 1. The first-order valence-electron chi connectivity index (χ1n) is 11.1. The maximum absolute atomic E-state index is 13.3. The Hall–Kier alpha value is -3.21. The van der Waals surface area contributed by atoms with Crippen LogP contribution in [0.25, 0.3) is 0 Å². The zero-order valence-electron chi connectivity index (χ0n) is 19.1. The number of para-hydroxylation sites is 1. The van der Waals surface area contributed by atoms with Crippen LogP contribution < -0.4 is 14.9 Å². The molecule has 2 aliphatic heterocycles. The van der Waals surface area contributed by atoms with Gasteiger partial charge in [-0.15, -0.1) is 0 Å². The Bertz CT molecular complexity index is 1240. The molecule has 0 fully saturated rings. The largest absolute Gasteiger partial charge is 0.370 e. The zero-order valence-corrected chi connectivity index (χ0v) is 19.9. The summed E-state index contributed by atoms with van der Waals surface area (Å²) in [6.45, 7) is 2.60. The van der Waals surface area contributed by atoms with E-state index in [-0.39, 0.29) is 36.2 Å². The molecular formula is C24H28N4O5S. The van der Waals surface area contributed by atoms with E-state index in [4.69, 9.17) is 0 Å². The minimum Gasteiger partial charge on any atom is -0.370 e. The second-order valence-corrected chi connectivity index (χ2v) is 10.3. The van der Waals surface area contributed by atoms with Gasteiger partial charge in [0.25, 0.3) is 10.0 Å². The van der Waals surface area contributed by atoms with Crippen LogP contribution in [0.3, 0.4) is 0 Å². The molecule has 0 saturated heterocycles. The molecule has 9 nitrogen and oxygen atoms in total. The van der Waals surface area contributed by atoms with Gasteiger partial charge in [0.15, 0.2) is 0 Å². The van der Waals surface area contributed by atoms with Gasteiger partial charge in [0, 0.05) is 39.2 Å². The highest BCUT2D eigenvalue weighted by Crippen LogP contribution is 2.40. The third kappa shape index (κ3) is 4.56. The van der Waals surface area contributed by atoms with Crippen LogP contribution in [0.5, 0.6) is 0 Å². The number of aryl methyl sites for hydroxylation is 1.